The summed E-state index contributed by atoms with van der Waals surface area (Å²) in [4.78, 5) is 3.65. The van der Waals surface area contributed by atoms with E-state index in [4.69, 9.17) is 5.73 Å². The summed E-state index contributed by atoms with van der Waals surface area (Å²) in [5.74, 6) is -0.858. The Kier molecular flexibility index (Phi) is 4.54. The van der Waals surface area contributed by atoms with Gasteiger partial charge in [0.25, 0.3) is 10.0 Å². The molecule has 21 heavy (non-hydrogen) atoms. The molecule has 1 heterocycles. The molecule has 0 spiro atoms. The van der Waals surface area contributed by atoms with Crippen LogP contribution in [0.2, 0.25) is 0 Å². The number of nitrogen functional groups attached to an aromatic ring is 1. The summed E-state index contributed by atoms with van der Waals surface area (Å²) in [7, 11) is -3.99. The molecule has 1 aromatic carbocycles. The predicted octanol–water partition coefficient (Wildman–Crippen LogP) is 2.01. The Morgan fingerprint density at radius 1 is 1.29 bits per heavy atom. The molecule has 0 aliphatic carbocycles. The Morgan fingerprint density at radius 2 is 2.05 bits per heavy atom. The first kappa shape index (κ1) is 15.4. The summed E-state index contributed by atoms with van der Waals surface area (Å²) in [6.45, 7) is 2.00. The lowest BCUT2D eigenvalue weighted by molar-refractivity contribution is 0.415. The van der Waals surface area contributed by atoms with E-state index in [1.165, 1.54) is 12.3 Å². The molecule has 0 fully saturated rings. The molecule has 2 rings (SSSR count). The Bertz CT molecular complexity index is 735. The molecule has 0 aliphatic rings. The van der Waals surface area contributed by atoms with Crippen molar-refractivity contribution in [2.45, 2.75) is 18.5 Å². The summed E-state index contributed by atoms with van der Waals surface area (Å²) in [5.41, 5.74) is 6.96. The van der Waals surface area contributed by atoms with E-state index < -0.39 is 20.9 Å². The zero-order valence-corrected chi connectivity index (χ0v) is 12.3. The van der Waals surface area contributed by atoms with Gasteiger partial charge in [0.2, 0.25) is 5.03 Å². The van der Waals surface area contributed by atoms with Crippen molar-refractivity contribution in [3.05, 3.63) is 54.0 Å². The van der Waals surface area contributed by atoms with Crippen LogP contribution in [0.4, 0.5) is 10.1 Å². The fourth-order valence-electron chi connectivity index (χ4n) is 1.95. The van der Waals surface area contributed by atoms with Crippen molar-refractivity contribution in [2.24, 2.45) is 0 Å². The Morgan fingerprint density at radius 3 is 2.67 bits per heavy atom. The van der Waals surface area contributed by atoms with E-state index in [-0.39, 0.29) is 13.1 Å². The number of rotatable bonds is 5. The monoisotopic (exact) mass is 309 g/mol. The van der Waals surface area contributed by atoms with Crippen LogP contribution in [0.25, 0.3) is 0 Å². The average Bonchev–Trinajstić information content (AvgIpc) is 2.45. The van der Waals surface area contributed by atoms with Crippen LogP contribution in [-0.2, 0) is 16.6 Å². The second-order valence-electron chi connectivity index (χ2n) is 4.47. The van der Waals surface area contributed by atoms with Gasteiger partial charge in [0.15, 0.2) is 5.82 Å². The van der Waals surface area contributed by atoms with E-state index in [9.17, 15) is 12.8 Å². The molecule has 0 atom stereocenters. The van der Waals surface area contributed by atoms with Crippen LogP contribution >= 0.6 is 0 Å². The van der Waals surface area contributed by atoms with E-state index in [0.717, 1.165) is 15.9 Å². The van der Waals surface area contributed by atoms with Crippen LogP contribution in [0.5, 0.6) is 0 Å². The number of benzene rings is 1. The van der Waals surface area contributed by atoms with E-state index in [1.54, 1.807) is 31.2 Å². The predicted molar refractivity (Wildman–Crippen MR) is 78.3 cm³/mol. The highest BCUT2D eigenvalue weighted by molar-refractivity contribution is 7.89. The van der Waals surface area contributed by atoms with Crippen LogP contribution in [0.15, 0.2) is 47.6 Å². The van der Waals surface area contributed by atoms with Crippen molar-refractivity contribution in [1.82, 2.24) is 9.29 Å². The molecule has 2 aromatic rings. The fraction of sp³-hybridized carbons (Fsp3) is 0.214. The van der Waals surface area contributed by atoms with Crippen LogP contribution in [-0.4, -0.2) is 24.3 Å². The van der Waals surface area contributed by atoms with Gasteiger partial charge in [0.05, 0.1) is 0 Å². The summed E-state index contributed by atoms with van der Waals surface area (Å²) < 4.78 is 39.8. The number of aromatic nitrogens is 1. The molecule has 112 valence electrons. The third kappa shape index (κ3) is 3.37. The van der Waals surface area contributed by atoms with Crippen LogP contribution in [0, 0.1) is 5.82 Å². The van der Waals surface area contributed by atoms with Gasteiger partial charge in [-0.05, 0) is 29.8 Å². The van der Waals surface area contributed by atoms with Crippen molar-refractivity contribution < 1.29 is 12.8 Å². The van der Waals surface area contributed by atoms with Gasteiger partial charge in [0.1, 0.15) is 0 Å². The van der Waals surface area contributed by atoms with Crippen LogP contribution in [0.1, 0.15) is 12.5 Å². The van der Waals surface area contributed by atoms with Crippen LogP contribution < -0.4 is 5.73 Å². The highest BCUT2D eigenvalue weighted by Gasteiger charge is 2.27. The third-order valence-electron chi connectivity index (χ3n) is 2.97. The highest BCUT2D eigenvalue weighted by Crippen LogP contribution is 2.19. The maximum Gasteiger partial charge on any atom is 0.263 e. The summed E-state index contributed by atoms with van der Waals surface area (Å²) >= 11 is 0. The van der Waals surface area contributed by atoms with Gasteiger partial charge in [-0.1, -0.05) is 19.1 Å². The summed E-state index contributed by atoms with van der Waals surface area (Å²) in [5, 5.41) is -0.559. The zero-order chi connectivity index (χ0) is 15.5. The lowest BCUT2D eigenvalue weighted by Crippen LogP contribution is -2.31. The Hall–Kier alpha value is -1.99. The summed E-state index contributed by atoms with van der Waals surface area (Å²) in [6, 6.07) is 9.34. The molecule has 0 saturated carbocycles. The van der Waals surface area contributed by atoms with Crippen molar-refractivity contribution in [2.75, 3.05) is 12.3 Å². The molecule has 0 bridgehead atoms. The molecule has 0 radical (unpaired) electrons. The molecule has 7 heteroatoms. The molecular formula is C14H16FN3O2S. The lowest BCUT2D eigenvalue weighted by Gasteiger charge is -2.20. The minimum absolute atomic E-state index is 0.111. The standard InChI is InChI=1S/C14H16FN3O2S/c1-2-18(10-11-5-3-6-12(16)9-11)21(19,20)14-13(15)7-4-8-17-14/h3-9H,2,10,16H2,1H3. The van der Waals surface area contributed by atoms with Gasteiger partial charge >= 0.3 is 0 Å². The number of halogens is 1. The van der Waals surface area contributed by atoms with Gasteiger partial charge < -0.3 is 5.73 Å². The van der Waals surface area contributed by atoms with Gasteiger partial charge in [-0.2, -0.15) is 4.31 Å². The average molecular weight is 309 g/mol. The summed E-state index contributed by atoms with van der Waals surface area (Å²) in [6.07, 6.45) is 1.25. The Balaban J connectivity index is 2.35. The number of nitrogens with two attached hydrogens (primary N) is 1. The maximum absolute atomic E-state index is 13.7. The van der Waals surface area contributed by atoms with Gasteiger partial charge in [-0.25, -0.2) is 17.8 Å². The first-order chi connectivity index (χ1) is 9.95. The normalized spacial score (nSPS) is 11.8. The van der Waals surface area contributed by atoms with Crippen molar-refractivity contribution in [3.8, 4) is 0 Å². The molecule has 0 aliphatic heterocycles. The van der Waals surface area contributed by atoms with E-state index >= 15 is 0 Å². The molecule has 0 amide bonds. The first-order valence-corrected chi connectivity index (χ1v) is 7.84. The molecule has 5 nitrogen and oxygen atoms in total. The number of sulfonamides is 1. The van der Waals surface area contributed by atoms with E-state index in [1.807, 2.05) is 0 Å². The fourth-order valence-corrected chi connectivity index (χ4v) is 3.36. The number of anilines is 1. The molecule has 2 N–H and O–H groups in total. The topological polar surface area (TPSA) is 76.3 Å². The zero-order valence-electron chi connectivity index (χ0n) is 11.5. The van der Waals surface area contributed by atoms with Gasteiger partial charge in [0, 0.05) is 25.0 Å². The van der Waals surface area contributed by atoms with E-state index in [0.29, 0.717) is 5.69 Å². The molecular weight excluding hydrogens is 293 g/mol. The van der Waals surface area contributed by atoms with Crippen molar-refractivity contribution >= 4 is 15.7 Å². The number of pyridine rings is 1. The second kappa shape index (κ2) is 6.19. The third-order valence-corrected chi connectivity index (χ3v) is 4.83. The maximum atomic E-state index is 13.7. The van der Waals surface area contributed by atoms with Crippen molar-refractivity contribution in [3.63, 3.8) is 0 Å². The van der Waals surface area contributed by atoms with E-state index in [2.05, 4.69) is 4.98 Å². The quantitative estimate of drug-likeness (QED) is 0.857. The molecule has 1 aromatic heterocycles. The smallest absolute Gasteiger partial charge is 0.263 e. The lowest BCUT2D eigenvalue weighted by atomic mass is 10.2. The largest absolute Gasteiger partial charge is 0.399 e. The molecule has 0 saturated heterocycles. The highest BCUT2D eigenvalue weighted by atomic mass is 32.2. The minimum atomic E-state index is -3.99. The van der Waals surface area contributed by atoms with Gasteiger partial charge in [-0.3, -0.25) is 0 Å². The number of hydrogen-bond acceptors (Lipinski definition) is 4. The number of hydrogen-bond donors (Lipinski definition) is 1. The Labute approximate surface area is 123 Å². The minimum Gasteiger partial charge on any atom is -0.399 e. The second-order valence-corrected chi connectivity index (χ2v) is 6.32. The van der Waals surface area contributed by atoms with Crippen molar-refractivity contribution in [1.29, 1.82) is 0 Å². The van der Waals surface area contributed by atoms with Gasteiger partial charge in [-0.15, -0.1) is 0 Å². The molecule has 0 unspecified atom stereocenters. The first-order valence-electron chi connectivity index (χ1n) is 6.40. The van der Waals surface area contributed by atoms with Crippen LogP contribution in [0.3, 0.4) is 0 Å². The SMILES string of the molecule is CCN(Cc1cccc(N)c1)S(=O)(=O)c1ncccc1F. The number of nitrogens with zero attached hydrogens (tertiary/aromatic N) is 2.